The van der Waals surface area contributed by atoms with Crippen molar-refractivity contribution in [2.24, 2.45) is 11.8 Å². The Morgan fingerprint density at radius 2 is 1.60 bits per heavy atom. The minimum absolute atomic E-state index is 0.00526. The standard InChI is InChI=1S/C35H49N5O8/c1-22(2)16-29(32(44)35(47)48-23(3)4)38-34(46)30(19-27-20-36-21-37-27)39-33(45)26(18-31(43)40(12-14-41)13-15-42)17-25-10-7-9-24-8-5-6-11-28(24)25/h5-11,20-23,26,29-30,32,41-42,44H,12-19H2,1-4H3,(H,36,37)(H,38,46)(H,39,45)/t26?,29-,30-,32?/m0/s1. The van der Waals surface area contributed by atoms with E-state index in [9.17, 15) is 34.5 Å². The lowest BCUT2D eigenvalue weighted by atomic mass is 9.91. The molecule has 13 nitrogen and oxygen atoms in total. The van der Waals surface area contributed by atoms with Gasteiger partial charge in [0, 0.05) is 37.8 Å². The lowest BCUT2D eigenvalue weighted by Crippen LogP contribution is -2.56. The van der Waals surface area contributed by atoms with Crippen LogP contribution in [-0.4, -0.2) is 104 Å². The molecule has 0 aliphatic heterocycles. The highest BCUT2D eigenvalue weighted by atomic mass is 16.6. The summed E-state index contributed by atoms with van der Waals surface area (Å²) in [5.41, 5.74) is 1.38. The number of ether oxygens (including phenoxy) is 1. The SMILES string of the molecule is CC(C)C[C@H](NC(=O)[C@H](Cc1cnc[nH]1)NC(=O)C(CC(=O)N(CCO)CCO)Cc1cccc2ccccc12)C(O)C(=O)OC(C)C. The molecule has 48 heavy (non-hydrogen) atoms. The number of aromatic amines is 1. The molecule has 0 fully saturated rings. The van der Waals surface area contributed by atoms with Gasteiger partial charge in [0.15, 0.2) is 6.10 Å². The summed E-state index contributed by atoms with van der Waals surface area (Å²) in [5, 5.41) is 37.3. The van der Waals surface area contributed by atoms with E-state index in [0.29, 0.717) is 5.69 Å². The lowest BCUT2D eigenvalue weighted by Gasteiger charge is -2.29. The molecule has 3 aromatic rings. The van der Waals surface area contributed by atoms with Gasteiger partial charge in [-0.2, -0.15) is 0 Å². The molecule has 2 unspecified atom stereocenters. The Morgan fingerprint density at radius 3 is 2.23 bits per heavy atom. The molecule has 0 saturated carbocycles. The molecule has 262 valence electrons. The van der Waals surface area contributed by atoms with Gasteiger partial charge in [0.05, 0.1) is 37.6 Å². The maximum atomic E-state index is 14.1. The predicted octanol–water partition coefficient (Wildman–Crippen LogP) is 1.50. The maximum absolute atomic E-state index is 14.1. The van der Waals surface area contributed by atoms with E-state index in [2.05, 4.69) is 20.6 Å². The molecule has 1 aromatic heterocycles. The number of carbonyl (C=O) groups excluding carboxylic acids is 4. The predicted molar refractivity (Wildman–Crippen MR) is 179 cm³/mol. The first kappa shape index (κ1) is 38.1. The Kier molecular flexibility index (Phi) is 15.0. The lowest BCUT2D eigenvalue weighted by molar-refractivity contribution is -0.159. The van der Waals surface area contributed by atoms with E-state index in [1.54, 1.807) is 13.8 Å². The van der Waals surface area contributed by atoms with Crippen LogP contribution in [0.15, 0.2) is 55.0 Å². The minimum Gasteiger partial charge on any atom is -0.461 e. The first-order valence-electron chi connectivity index (χ1n) is 16.4. The van der Waals surface area contributed by atoms with Crippen LogP contribution in [0.2, 0.25) is 0 Å². The molecule has 0 radical (unpaired) electrons. The highest BCUT2D eigenvalue weighted by Crippen LogP contribution is 2.24. The zero-order chi connectivity index (χ0) is 35.2. The van der Waals surface area contributed by atoms with Gasteiger partial charge in [-0.15, -0.1) is 0 Å². The highest BCUT2D eigenvalue weighted by molar-refractivity contribution is 5.92. The van der Waals surface area contributed by atoms with E-state index < -0.39 is 53.9 Å². The van der Waals surface area contributed by atoms with Crippen LogP contribution in [0.4, 0.5) is 0 Å². The zero-order valence-electron chi connectivity index (χ0n) is 28.1. The summed E-state index contributed by atoms with van der Waals surface area (Å²) in [5.74, 6) is -3.44. The van der Waals surface area contributed by atoms with Gasteiger partial charge < -0.3 is 40.6 Å². The number of carbonyl (C=O) groups is 4. The molecule has 2 aromatic carbocycles. The van der Waals surface area contributed by atoms with Crippen molar-refractivity contribution in [3.05, 3.63) is 66.2 Å². The average molecular weight is 668 g/mol. The first-order chi connectivity index (χ1) is 22.9. The number of aromatic nitrogens is 2. The molecule has 0 aliphatic rings. The van der Waals surface area contributed by atoms with E-state index in [0.717, 1.165) is 16.3 Å². The van der Waals surface area contributed by atoms with Gasteiger partial charge in [0.25, 0.3) is 0 Å². The number of amides is 3. The summed E-state index contributed by atoms with van der Waals surface area (Å²) < 4.78 is 5.19. The number of fused-ring (bicyclic) bond motifs is 1. The Bertz CT molecular complexity index is 1470. The van der Waals surface area contributed by atoms with Crippen LogP contribution < -0.4 is 10.6 Å². The van der Waals surface area contributed by atoms with Crippen molar-refractivity contribution in [1.82, 2.24) is 25.5 Å². The molecule has 6 N–H and O–H groups in total. The molecular formula is C35H49N5O8. The Morgan fingerprint density at radius 1 is 0.917 bits per heavy atom. The number of imidazole rings is 1. The van der Waals surface area contributed by atoms with Gasteiger partial charge in [-0.25, -0.2) is 9.78 Å². The zero-order valence-corrected chi connectivity index (χ0v) is 28.1. The van der Waals surface area contributed by atoms with Crippen molar-refractivity contribution < 1.29 is 39.2 Å². The van der Waals surface area contributed by atoms with Crippen LogP contribution in [0.25, 0.3) is 10.8 Å². The van der Waals surface area contributed by atoms with Crippen LogP contribution in [0, 0.1) is 11.8 Å². The minimum atomic E-state index is -1.64. The molecule has 1 heterocycles. The fourth-order valence-corrected chi connectivity index (χ4v) is 5.58. The van der Waals surface area contributed by atoms with Crippen LogP contribution in [0.5, 0.6) is 0 Å². The maximum Gasteiger partial charge on any atom is 0.337 e. The third-order valence-corrected chi connectivity index (χ3v) is 7.87. The first-order valence-corrected chi connectivity index (χ1v) is 16.4. The fraction of sp³-hybridized carbons (Fsp3) is 0.514. The molecule has 13 heteroatoms. The second-order valence-corrected chi connectivity index (χ2v) is 12.6. The molecular weight excluding hydrogens is 618 g/mol. The third kappa shape index (κ3) is 11.4. The summed E-state index contributed by atoms with van der Waals surface area (Å²) in [6.07, 6.45) is 1.04. The molecule has 0 saturated heterocycles. The summed E-state index contributed by atoms with van der Waals surface area (Å²) in [6.45, 7) is 6.44. The second-order valence-electron chi connectivity index (χ2n) is 12.6. The molecule has 0 spiro atoms. The van der Waals surface area contributed by atoms with Crippen molar-refractivity contribution in [2.45, 2.75) is 77.7 Å². The van der Waals surface area contributed by atoms with Crippen molar-refractivity contribution in [3.63, 3.8) is 0 Å². The Hall–Kier alpha value is -4.33. The fourth-order valence-electron chi connectivity index (χ4n) is 5.58. The van der Waals surface area contributed by atoms with Crippen LogP contribution in [0.3, 0.4) is 0 Å². The van der Waals surface area contributed by atoms with E-state index in [1.807, 2.05) is 56.3 Å². The monoisotopic (exact) mass is 667 g/mol. The van der Waals surface area contributed by atoms with Gasteiger partial charge >= 0.3 is 5.97 Å². The van der Waals surface area contributed by atoms with E-state index >= 15 is 0 Å². The number of benzene rings is 2. The van der Waals surface area contributed by atoms with Gasteiger partial charge in [-0.05, 0) is 48.9 Å². The summed E-state index contributed by atoms with van der Waals surface area (Å²) in [6, 6.07) is 11.2. The summed E-state index contributed by atoms with van der Waals surface area (Å²) in [7, 11) is 0. The number of esters is 1. The van der Waals surface area contributed by atoms with Gasteiger partial charge in [-0.1, -0.05) is 56.3 Å². The second kappa shape index (κ2) is 18.9. The van der Waals surface area contributed by atoms with E-state index in [1.165, 1.54) is 17.4 Å². The van der Waals surface area contributed by atoms with Crippen molar-refractivity contribution >= 4 is 34.5 Å². The number of aliphatic hydroxyl groups is 3. The number of rotatable bonds is 19. The van der Waals surface area contributed by atoms with Crippen molar-refractivity contribution in [1.29, 1.82) is 0 Å². The van der Waals surface area contributed by atoms with E-state index in [4.69, 9.17) is 4.74 Å². The van der Waals surface area contributed by atoms with Gasteiger partial charge in [-0.3, -0.25) is 14.4 Å². The largest absolute Gasteiger partial charge is 0.461 e. The number of hydrogen-bond acceptors (Lipinski definition) is 9. The van der Waals surface area contributed by atoms with E-state index in [-0.39, 0.29) is 57.9 Å². The number of aliphatic hydroxyl groups excluding tert-OH is 3. The van der Waals surface area contributed by atoms with Gasteiger partial charge in [0.1, 0.15) is 6.04 Å². The molecule has 4 atom stereocenters. The van der Waals surface area contributed by atoms with Crippen LogP contribution in [-0.2, 0) is 36.8 Å². The van der Waals surface area contributed by atoms with Crippen molar-refractivity contribution in [3.8, 4) is 0 Å². The molecule has 3 rings (SSSR count). The molecule has 0 bridgehead atoms. The third-order valence-electron chi connectivity index (χ3n) is 7.87. The van der Waals surface area contributed by atoms with Crippen LogP contribution >= 0.6 is 0 Å². The number of nitrogens with one attached hydrogen (secondary N) is 3. The number of H-pyrrole nitrogens is 1. The van der Waals surface area contributed by atoms with Crippen LogP contribution in [0.1, 0.15) is 51.8 Å². The molecule has 0 aliphatic carbocycles. The number of hydrogen-bond donors (Lipinski definition) is 6. The smallest absolute Gasteiger partial charge is 0.337 e. The molecule has 3 amide bonds. The highest BCUT2D eigenvalue weighted by Gasteiger charge is 2.34. The Labute approximate surface area is 281 Å². The summed E-state index contributed by atoms with van der Waals surface area (Å²) in [4.78, 5) is 62.2. The quantitative estimate of drug-likeness (QED) is 0.103. The topological polar surface area (TPSA) is 194 Å². The van der Waals surface area contributed by atoms with Crippen molar-refractivity contribution in [2.75, 3.05) is 26.3 Å². The summed E-state index contributed by atoms with van der Waals surface area (Å²) >= 11 is 0. The Balaban J connectivity index is 1.93. The normalized spacial score (nSPS) is 13.9. The van der Waals surface area contributed by atoms with Gasteiger partial charge in [0.2, 0.25) is 17.7 Å². The average Bonchev–Trinajstić information content (AvgIpc) is 3.56. The number of nitrogens with zero attached hydrogens (tertiary/aromatic N) is 2.